The molecule has 0 saturated carbocycles. The zero-order valence-corrected chi connectivity index (χ0v) is 13.7. The molecule has 3 nitrogen and oxygen atoms in total. The lowest BCUT2D eigenvalue weighted by molar-refractivity contribution is -0.132. The van der Waals surface area contributed by atoms with E-state index in [1.165, 1.54) is 0 Å². The van der Waals surface area contributed by atoms with Crippen LogP contribution in [0.15, 0.2) is 54.1 Å². The minimum atomic E-state index is -0.928. The molecule has 0 radical (unpaired) electrons. The number of rotatable bonds is 5. The van der Waals surface area contributed by atoms with Crippen molar-refractivity contribution in [2.75, 3.05) is 0 Å². The van der Waals surface area contributed by atoms with E-state index in [0.29, 0.717) is 12.4 Å². The Morgan fingerprint density at radius 1 is 1.24 bits per heavy atom. The van der Waals surface area contributed by atoms with Gasteiger partial charge < -0.3 is 9.84 Å². The van der Waals surface area contributed by atoms with Crippen LogP contribution in [0.25, 0.3) is 6.08 Å². The van der Waals surface area contributed by atoms with Gasteiger partial charge in [-0.25, -0.2) is 4.79 Å². The lowest BCUT2D eigenvalue weighted by Crippen LogP contribution is -1.99. The Morgan fingerprint density at radius 2 is 1.95 bits per heavy atom. The van der Waals surface area contributed by atoms with Crippen molar-refractivity contribution < 1.29 is 14.6 Å². The number of hydrogen-bond donors (Lipinski definition) is 1. The van der Waals surface area contributed by atoms with E-state index in [0.717, 1.165) is 14.7 Å². The number of halogens is 1. The largest absolute Gasteiger partial charge is 0.488 e. The highest BCUT2D eigenvalue weighted by Crippen LogP contribution is 2.25. The monoisotopic (exact) mass is 394 g/mol. The summed E-state index contributed by atoms with van der Waals surface area (Å²) in [5.41, 5.74) is 2.12. The molecular weight excluding hydrogens is 379 g/mol. The molecule has 0 aliphatic carbocycles. The molecule has 0 fully saturated rings. The molecule has 2 aromatic rings. The van der Waals surface area contributed by atoms with E-state index in [9.17, 15) is 4.79 Å². The van der Waals surface area contributed by atoms with E-state index in [-0.39, 0.29) is 5.57 Å². The van der Waals surface area contributed by atoms with Crippen LogP contribution in [0.1, 0.15) is 18.1 Å². The second-order valence-electron chi connectivity index (χ2n) is 4.59. The summed E-state index contributed by atoms with van der Waals surface area (Å²) in [5.74, 6) is -0.242. The van der Waals surface area contributed by atoms with E-state index >= 15 is 0 Å². The Bertz CT molecular complexity index is 663. The molecule has 0 aromatic heterocycles. The van der Waals surface area contributed by atoms with E-state index in [2.05, 4.69) is 22.6 Å². The van der Waals surface area contributed by atoms with Gasteiger partial charge in [-0.2, -0.15) is 0 Å². The number of carbonyl (C=O) groups is 1. The third-order valence-electron chi connectivity index (χ3n) is 2.92. The molecule has 1 N–H and O–H groups in total. The topological polar surface area (TPSA) is 46.5 Å². The van der Waals surface area contributed by atoms with Gasteiger partial charge in [0, 0.05) is 14.7 Å². The van der Waals surface area contributed by atoms with Crippen LogP contribution >= 0.6 is 22.6 Å². The van der Waals surface area contributed by atoms with E-state index in [1.807, 2.05) is 48.5 Å². The van der Waals surface area contributed by atoms with Crippen molar-refractivity contribution in [3.63, 3.8) is 0 Å². The van der Waals surface area contributed by atoms with Gasteiger partial charge in [0.05, 0.1) is 0 Å². The average molecular weight is 394 g/mol. The summed E-state index contributed by atoms with van der Waals surface area (Å²) >= 11 is 2.21. The van der Waals surface area contributed by atoms with Gasteiger partial charge in [-0.15, -0.1) is 0 Å². The standard InChI is InChI=1S/C17H15IO3/c1-12(17(19)20)9-14-7-8-15(18)10-16(14)21-11-13-5-3-2-4-6-13/h2-10H,11H2,1H3,(H,19,20)/b12-9+. The first kappa shape index (κ1) is 15.6. The number of carboxylic acid groups (broad SMARTS) is 1. The molecule has 4 heteroatoms. The Kier molecular flexibility index (Phi) is 5.38. The van der Waals surface area contributed by atoms with Gasteiger partial charge in [-0.05, 0) is 53.3 Å². The second-order valence-corrected chi connectivity index (χ2v) is 5.83. The number of benzene rings is 2. The molecule has 0 aliphatic rings. The molecule has 0 heterocycles. The highest BCUT2D eigenvalue weighted by atomic mass is 127. The fourth-order valence-corrected chi connectivity index (χ4v) is 2.25. The minimum Gasteiger partial charge on any atom is -0.488 e. The van der Waals surface area contributed by atoms with Crippen molar-refractivity contribution in [3.05, 3.63) is 68.8 Å². The smallest absolute Gasteiger partial charge is 0.331 e. The van der Waals surface area contributed by atoms with Gasteiger partial charge in [-0.1, -0.05) is 36.4 Å². The van der Waals surface area contributed by atoms with Crippen molar-refractivity contribution in [1.82, 2.24) is 0 Å². The summed E-state index contributed by atoms with van der Waals surface area (Å²) in [6, 6.07) is 15.6. The van der Waals surface area contributed by atoms with Gasteiger partial charge in [0.25, 0.3) is 0 Å². The van der Waals surface area contributed by atoms with Gasteiger partial charge in [0.2, 0.25) is 0 Å². The van der Waals surface area contributed by atoms with Crippen molar-refractivity contribution >= 4 is 34.6 Å². The van der Waals surface area contributed by atoms with Crippen LogP contribution in [-0.4, -0.2) is 11.1 Å². The Balaban J connectivity index is 2.23. The summed E-state index contributed by atoms with van der Waals surface area (Å²) in [6.45, 7) is 2.02. The molecule has 2 rings (SSSR count). The highest BCUT2D eigenvalue weighted by Gasteiger charge is 2.06. The van der Waals surface area contributed by atoms with Gasteiger partial charge in [-0.3, -0.25) is 0 Å². The molecule has 0 spiro atoms. The molecule has 0 atom stereocenters. The quantitative estimate of drug-likeness (QED) is 0.606. The Labute approximate surface area is 137 Å². The molecular formula is C17H15IO3. The summed E-state index contributed by atoms with van der Waals surface area (Å²) in [6.07, 6.45) is 1.62. The van der Waals surface area contributed by atoms with Crippen molar-refractivity contribution in [3.8, 4) is 5.75 Å². The van der Waals surface area contributed by atoms with E-state index in [4.69, 9.17) is 9.84 Å². The molecule has 108 valence electrons. The van der Waals surface area contributed by atoms with Crippen molar-refractivity contribution in [2.24, 2.45) is 0 Å². The zero-order valence-electron chi connectivity index (χ0n) is 11.5. The first-order valence-electron chi connectivity index (χ1n) is 6.44. The minimum absolute atomic E-state index is 0.278. The molecule has 2 aromatic carbocycles. The van der Waals surface area contributed by atoms with Crippen molar-refractivity contribution in [1.29, 1.82) is 0 Å². The number of ether oxygens (including phenoxy) is 1. The molecule has 21 heavy (non-hydrogen) atoms. The van der Waals surface area contributed by atoms with Crippen LogP contribution < -0.4 is 4.74 Å². The fourth-order valence-electron chi connectivity index (χ4n) is 1.78. The number of hydrogen-bond acceptors (Lipinski definition) is 2. The second kappa shape index (κ2) is 7.26. The van der Waals surface area contributed by atoms with Crippen molar-refractivity contribution in [2.45, 2.75) is 13.5 Å². The molecule has 0 aliphatic heterocycles. The number of aliphatic carboxylic acids is 1. The maximum atomic E-state index is 11.0. The molecule has 0 bridgehead atoms. The number of carboxylic acids is 1. The summed E-state index contributed by atoms with van der Waals surface area (Å²) in [7, 11) is 0. The van der Waals surface area contributed by atoms with Crippen LogP contribution in [0.3, 0.4) is 0 Å². The normalized spacial score (nSPS) is 11.2. The molecule has 0 saturated heterocycles. The average Bonchev–Trinajstić information content (AvgIpc) is 2.48. The lowest BCUT2D eigenvalue weighted by Gasteiger charge is -2.10. The van der Waals surface area contributed by atoms with Gasteiger partial charge in [0.15, 0.2) is 0 Å². The molecule has 0 unspecified atom stereocenters. The summed E-state index contributed by atoms with van der Waals surface area (Å²) in [4.78, 5) is 11.0. The highest BCUT2D eigenvalue weighted by molar-refractivity contribution is 14.1. The van der Waals surface area contributed by atoms with Crippen LogP contribution in [-0.2, 0) is 11.4 Å². The first-order chi connectivity index (χ1) is 10.1. The van der Waals surface area contributed by atoms with Crippen LogP contribution in [0.2, 0.25) is 0 Å². The maximum absolute atomic E-state index is 11.0. The maximum Gasteiger partial charge on any atom is 0.331 e. The van der Waals surface area contributed by atoms with Gasteiger partial charge in [0.1, 0.15) is 12.4 Å². The zero-order chi connectivity index (χ0) is 15.2. The van der Waals surface area contributed by atoms with Crippen LogP contribution in [0, 0.1) is 3.57 Å². The van der Waals surface area contributed by atoms with Gasteiger partial charge >= 0.3 is 5.97 Å². The van der Waals surface area contributed by atoms with Crippen LogP contribution in [0.5, 0.6) is 5.75 Å². The predicted octanol–water partition coefficient (Wildman–Crippen LogP) is 4.36. The summed E-state index contributed by atoms with van der Waals surface area (Å²) in [5, 5.41) is 8.99. The Morgan fingerprint density at radius 3 is 2.62 bits per heavy atom. The lowest BCUT2D eigenvalue weighted by atomic mass is 10.1. The Hall–Kier alpha value is -1.82. The predicted molar refractivity (Wildman–Crippen MR) is 91.2 cm³/mol. The SMILES string of the molecule is C/C(=C\c1ccc(I)cc1OCc1ccccc1)C(=O)O. The molecule has 0 amide bonds. The third-order valence-corrected chi connectivity index (χ3v) is 3.59. The van der Waals surface area contributed by atoms with Crippen LogP contribution in [0.4, 0.5) is 0 Å². The van der Waals surface area contributed by atoms with E-state index in [1.54, 1.807) is 13.0 Å². The third kappa shape index (κ3) is 4.60. The fraction of sp³-hybridized carbons (Fsp3) is 0.118. The first-order valence-corrected chi connectivity index (χ1v) is 7.52. The van der Waals surface area contributed by atoms with E-state index < -0.39 is 5.97 Å². The summed E-state index contributed by atoms with van der Waals surface area (Å²) < 4.78 is 6.88.